The van der Waals surface area contributed by atoms with Crippen molar-refractivity contribution in [3.8, 4) is 11.1 Å². The molecular weight excluding hydrogens is 924 g/mol. The van der Waals surface area contributed by atoms with Crippen molar-refractivity contribution in [2.75, 3.05) is 9.80 Å². The highest BCUT2D eigenvalue weighted by Crippen LogP contribution is 2.51. The van der Waals surface area contributed by atoms with Gasteiger partial charge in [0.2, 0.25) is 6.71 Å². The molecule has 0 aliphatic carbocycles. The van der Waals surface area contributed by atoms with E-state index in [0.29, 0.717) is 0 Å². The van der Waals surface area contributed by atoms with Crippen LogP contribution >= 0.6 is 0 Å². The molecule has 0 saturated heterocycles. The van der Waals surface area contributed by atoms with E-state index in [1.165, 1.54) is 55.5 Å². The zero-order valence-electron chi connectivity index (χ0n) is 42.5. The van der Waals surface area contributed by atoms with Gasteiger partial charge in [-0.3, -0.25) is 0 Å². The number of hydrogen-bond acceptors (Lipinski definition) is 4. The molecule has 5 heteroatoms. The lowest BCUT2D eigenvalue weighted by molar-refractivity contribution is 0.590. The SMILES string of the molecule is CC(C)(C)c1ccc(N2c3cc(N(c4cccc(-c5ccccc5)c4)c4ccc5oc6ccccc6c5c4)ccc3B3c4cc5c(cc4C(c4ccccc4)(c4ccccc4)c4cccc2c43)oc2ccccc25)cc1. The summed E-state index contributed by atoms with van der Waals surface area (Å²) in [6.45, 7) is 6.74. The van der Waals surface area contributed by atoms with Crippen LogP contribution in [0.5, 0.6) is 0 Å². The summed E-state index contributed by atoms with van der Waals surface area (Å²) in [6.07, 6.45) is 0. The lowest BCUT2D eigenvalue weighted by atomic mass is 9.29. The van der Waals surface area contributed by atoms with Gasteiger partial charge in [0.25, 0.3) is 0 Å². The molecule has 15 rings (SSSR count). The lowest BCUT2D eigenvalue weighted by Gasteiger charge is -2.48. The molecule has 13 aromatic rings. The zero-order chi connectivity index (χ0) is 50.7. The third-order valence-electron chi connectivity index (χ3n) is 16.3. The highest BCUT2D eigenvalue weighted by Gasteiger charge is 2.52. The van der Waals surface area contributed by atoms with E-state index in [9.17, 15) is 0 Å². The second-order valence-electron chi connectivity index (χ2n) is 21.6. The topological polar surface area (TPSA) is 32.8 Å². The number of rotatable bonds is 7. The van der Waals surface area contributed by atoms with Crippen molar-refractivity contribution in [3.63, 3.8) is 0 Å². The number of nitrogens with zero attached hydrogens (tertiary/aromatic N) is 2. The minimum absolute atomic E-state index is 0.0179. The summed E-state index contributed by atoms with van der Waals surface area (Å²) in [5.74, 6) is 0. The van der Waals surface area contributed by atoms with Gasteiger partial charge in [-0.25, -0.2) is 0 Å². The van der Waals surface area contributed by atoms with E-state index in [1.807, 2.05) is 6.07 Å². The first-order valence-corrected chi connectivity index (χ1v) is 26.4. The minimum Gasteiger partial charge on any atom is -0.456 e. The highest BCUT2D eigenvalue weighted by atomic mass is 16.3. The molecule has 0 saturated carbocycles. The third kappa shape index (κ3) is 6.65. The van der Waals surface area contributed by atoms with Crippen molar-refractivity contribution in [3.05, 3.63) is 283 Å². The number of furan rings is 2. The Morgan fingerprint density at radius 2 is 0.961 bits per heavy atom. The van der Waals surface area contributed by atoms with Crippen LogP contribution in [0.2, 0.25) is 0 Å². The van der Waals surface area contributed by atoms with Gasteiger partial charge >= 0.3 is 0 Å². The Kier molecular flexibility index (Phi) is 9.80. The summed E-state index contributed by atoms with van der Waals surface area (Å²) in [6, 6.07) is 93.8. The Hall–Kier alpha value is -9.32. The first-order valence-electron chi connectivity index (χ1n) is 26.4. The van der Waals surface area contributed by atoms with Gasteiger partial charge < -0.3 is 18.6 Å². The van der Waals surface area contributed by atoms with Gasteiger partial charge in [0.05, 0.1) is 5.41 Å². The lowest BCUT2D eigenvalue weighted by Crippen LogP contribution is -2.65. The highest BCUT2D eigenvalue weighted by molar-refractivity contribution is 6.99. The van der Waals surface area contributed by atoms with E-state index in [-0.39, 0.29) is 12.1 Å². The summed E-state index contributed by atoms with van der Waals surface area (Å²) in [5, 5.41) is 4.41. The maximum absolute atomic E-state index is 6.84. The van der Waals surface area contributed by atoms with Crippen molar-refractivity contribution in [1.82, 2.24) is 0 Å². The molecule has 2 aliphatic heterocycles. The molecule has 76 heavy (non-hydrogen) atoms. The van der Waals surface area contributed by atoms with Crippen molar-refractivity contribution >= 4 is 101 Å². The van der Waals surface area contributed by atoms with Gasteiger partial charge in [-0.05, 0) is 134 Å². The fraction of sp³-hybridized carbons (Fsp3) is 0.0704. The number of para-hydroxylation sites is 2. The molecule has 0 radical (unpaired) electrons. The first-order chi connectivity index (χ1) is 37.3. The average molecular weight is 975 g/mol. The van der Waals surface area contributed by atoms with Crippen molar-refractivity contribution in [1.29, 1.82) is 0 Å². The first kappa shape index (κ1) is 44.2. The zero-order valence-corrected chi connectivity index (χ0v) is 42.5. The van der Waals surface area contributed by atoms with Crippen molar-refractivity contribution in [2.45, 2.75) is 31.6 Å². The van der Waals surface area contributed by atoms with Crippen LogP contribution in [0.4, 0.5) is 34.1 Å². The molecule has 4 nitrogen and oxygen atoms in total. The molecule has 4 heterocycles. The van der Waals surface area contributed by atoms with Gasteiger partial charge in [-0.15, -0.1) is 0 Å². The second-order valence-corrected chi connectivity index (χ2v) is 21.6. The Morgan fingerprint density at radius 3 is 1.66 bits per heavy atom. The predicted octanol–water partition coefficient (Wildman–Crippen LogP) is 16.9. The van der Waals surface area contributed by atoms with Crippen LogP contribution in [-0.4, -0.2) is 6.71 Å². The Balaban J connectivity index is 1.04. The molecule has 2 aliphatic rings. The van der Waals surface area contributed by atoms with E-state index in [2.05, 4.69) is 279 Å². The minimum atomic E-state index is -0.692. The fourth-order valence-electron chi connectivity index (χ4n) is 12.9. The van der Waals surface area contributed by atoms with E-state index >= 15 is 0 Å². The molecular formula is C71H51BN2O2. The Labute approximate surface area is 442 Å². The fourth-order valence-corrected chi connectivity index (χ4v) is 12.9. The molecule has 360 valence electrons. The van der Waals surface area contributed by atoms with Crippen LogP contribution < -0.4 is 26.2 Å². The van der Waals surface area contributed by atoms with Crippen LogP contribution in [0.25, 0.3) is 55.0 Å². The normalized spacial score (nSPS) is 13.5. The molecule has 0 unspecified atom stereocenters. The van der Waals surface area contributed by atoms with Gasteiger partial charge in [0, 0.05) is 55.7 Å². The van der Waals surface area contributed by atoms with E-state index < -0.39 is 5.41 Å². The molecule has 0 spiro atoms. The predicted molar refractivity (Wildman–Crippen MR) is 317 cm³/mol. The summed E-state index contributed by atoms with van der Waals surface area (Å²) >= 11 is 0. The van der Waals surface area contributed by atoms with Crippen molar-refractivity contribution < 1.29 is 8.83 Å². The van der Waals surface area contributed by atoms with E-state index in [1.54, 1.807) is 0 Å². The molecule has 11 aromatic carbocycles. The largest absolute Gasteiger partial charge is 0.456 e. The summed E-state index contributed by atoms with van der Waals surface area (Å²) in [5.41, 5.74) is 21.7. The molecule has 0 amide bonds. The summed E-state index contributed by atoms with van der Waals surface area (Å²) in [7, 11) is 0. The number of hydrogen-bond donors (Lipinski definition) is 0. The molecule has 0 bridgehead atoms. The van der Waals surface area contributed by atoms with E-state index in [4.69, 9.17) is 8.83 Å². The molecule has 0 fully saturated rings. The van der Waals surface area contributed by atoms with Crippen molar-refractivity contribution in [2.24, 2.45) is 0 Å². The van der Waals surface area contributed by atoms with Crippen LogP contribution in [0.3, 0.4) is 0 Å². The summed E-state index contributed by atoms with van der Waals surface area (Å²) in [4.78, 5) is 4.97. The van der Waals surface area contributed by atoms with Crippen LogP contribution in [-0.2, 0) is 10.8 Å². The van der Waals surface area contributed by atoms with Gasteiger partial charge in [0.15, 0.2) is 0 Å². The summed E-state index contributed by atoms with van der Waals surface area (Å²) < 4.78 is 13.3. The second kappa shape index (κ2) is 16.9. The number of anilines is 6. The van der Waals surface area contributed by atoms with Gasteiger partial charge in [-0.2, -0.15) is 0 Å². The maximum Gasteiger partial charge on any atom is 0.247 e. The monoisotopic (exact) mass is 974 g/mol. The molecule has 0 atom stereocenters. The Bertz CT molecular complexity index is 4360. The van der Waals surface area contributed by atoms with Gasteiger partial charge in [0.1, 0.15) is 22.3 Å². The average Bonchev–Trinajstić information content (AvgIpc) is 3.94. The maximum atomic E-state index is 6.84. The quantitative estimate of drug-likeness (QED) is 0.149. The Morgan fingerprint density at radius 1 is 0.395 bits per heavy atom. The van der Waals surface area contributed by atoms with Crippen LogP contribution in [0, 0.1) is 0 Å². The van der Waals surface area contributed by atoms with Gasteiger partial charge in [-0.1, -0.05) is 202 Å². The third-order valence-corrected chi connectivity index (χ3v) is 16.3. The van der Waals surface area contributed by atoms with Crippen LogP contribution in [0.15, 0.2) is 264 Å². The van der Waals surface area contributed by atoms with Crippen LogP contribution in [0.1, 0.15) is 48.6 Å². The number of benzene rings is 11. The molecule has 0 N–H and O–H groups in total. The van der Waals surface area contributed by atoms with E-state index in [0.717, 1.165) is 77.9 Å². The standard InChI is InChI=1S/C71H51BN2O2/c1-70(2,3)48-33-35-51(36-34-48)74-63-30-18-29-59-69(63)72(62-44-58-56-28-14-16-32-66(56)76-68(58)45-60(62)71(59,49-22-9-5-10-23-49)50-24-11-6-12-25-50)61-39-37-54(43-64(61)74)73(52-26-17-21-47(41-52)46-19-7-4-8-20-46)53-38-40-67-57(42-53)55-27-13-15-31-65(55)75-67/h4-45H,1-3H3. The smallest absolute Gasteiger partial charge is 0.247 e. The number of fused-ring (bicyclic) bond motifs is 10. The molecule has 2 aromatic heterocycles.